The lowest BCUT2D eigenvalue weighted by Crippen LogP contribution is -2.23. The summed E-state index contributed by atoms with van der Waals surface area (Å²) in [6, 6.07) is 10.5. The lowest BCUT2D eigenvalue weighted by atomic mass is 10.1. The molecule has 1 N–H and O–H groups in total. The number of nitrogens with one attached hydrogen (secondary N) is 1. The summed E-state index contributed by atoms with van der Waals surface area (Å²) in [6.07, 6.45) is 11.8. The number of aromatic nitrogens is 5. The van der Waals surface area contributed by atoms with Crippen molar-refractivity contribution >= 4 is 11.4 Å². The van der Waals surface area contributed by atoms with Crippen LogP contribution in [0.1, 0.15) is 53.3 Å². The molecule has 0 aliphatic heterocycles. The summed E-state index contributed by atoms with van der Waals surface area (Å²) in [5, 5.41) is 7.56. The normalized spacial score (nSPS) is 14.4. The van der Waals surface area contributed by atoms with Gasteiger partial charge in [-0.25, -0.2) is 4.98 Å². The van der Waals surface area contributed by atoms with Gasteiger partial charge in [-0.05, 0) is 31.4 Å². The van der Waals surface area contributed by atoms with E-state index in [4.69, 9.17) is 4.98 Å². The van der Waals surface area contributed by atoms with Gasteiger partial charge in [-0.3, -0.25) is 18.9 Å². The second kappa shape index (κ2) is 7.74. The molecule has 1 aromatic carbocycles. The summed E-state index contributed by atoms with van der Waals surface area (Å²) >= 11 is 0. The number of carbonyl (C=O) groups is 1. The minimum Gasteiger partial charge on any atom is -0.347 e. The molecule has 7 nitrogen and oxygen atoms in total. The summed E-state index contributed by atoms with van der Waals surface area (Å²) in [6.45, 7) is 2.50. The number of hydrogen-bond donors (Lipinski definition) is 1. The van der Waals surface area contributed by atoms with Crippen molar-refractivity contribution in [2.24, 2.45) is 0 Å². The topological polar surface area (TPSA) is 77.1 Å². The summed E-state index contributed by atoms with van der Waals surface area (Å²) in [5.41, 5.74) is 4.24. The highest BCUT2D eigenvalue weighted by atomic mass is 16.1. The number of imidazole rings is 1. The smallest absolute Gasteiger partial charge is 0.272 e. The van der Waals surface area contributed by atoms with Crippen LogP contribution in [0, 0.1) is 6.92 Å². The van der Waals surface area contributed by atoms with Crippen molar-refractivity contribution in [1.82, 2.24) is 29.5 Å². The third-order valence-electron chi connectivity index (χ3n) is 5.81. The Hall–Kier alpha value is -3.48. The van der Waals surface area contributed by atoms with Crippen LogP contribution in [0.15, 0.2) is 55.1 Å². The molecule has 3 aromatic heterocycles. The SMILES string of the molecule is Cc1ccc(CNC(=O)c2nc(-c3ccnn3C3CCCC3)n3ccncc23)cc1. The predicted molar refractivity (Wildman–Crippen MR) is 114 cm³/mol. The van der Waals surface area contributed by atoms with E-state index in [-0.39, 0.29) is 5.91 Å². The average molecular weight is 400 g/mol. The number of nitrogens with zero attached hydrogens (tertiary/aromatic N) is 5. The van der Waals surface area contributed by atoms with Crippen LogP contribution in [-0.4, -0.2) is 30.1 Å². The Morgan fingerprint density at radius 3 is 2.73 bits per heavy atom. The molecule has 4 aromatic rings. The molecule has 1 aliphatic carbocycles. The zero-order valence-electron chi connectivity index (χ0n) is 17.0. The third kappa shape index (κ3) is 3.36. The first-order chi connectivity index (χ1) is 14.7. The van der Waals surface area contributed by atoms with Crippen LogP contribution in [0.4, 0.5) is 0 Å². The number of carbonyl (C=O) groups excluding carboxylic acids is 1. The summed E-state index contributed by atoms with van der Waals surface area (Å²) < 4.78 is 3.99. The van der Waals surface area contributed by atoms with E-state index >= 15 is 0 Å². The standard InChI is InChI=1S/C23H24N6O/c1-16-6-8-17(9-7-16)14-25-23(30)21-20-15-24-12-13-28(20)22(27-21)19-10-11-26-29(19)18-4-2-3-5-18/h6-13,15,18H,2-5,14H2,1H3,(H,25,30). The monoisotopic (exact) mass is 400 g/mol. The Kier molecular flexibility index (Phi) is 4.78. The number of aryl methyl sites for hydroxylation is 1. The number of hydrogen-bond acceptors (Lipinski definition) is 4. The van der Waals surface area contributed by atoms with E-state index in [1.807, 2.05) is 54.0 Å². The number of fused-ring (bicyclic) bond motifs is 1. The van der Waals surface area contributed by atoms with Gasteiger partial charge in [0.05, 0.1) is 17.8 Å². The van der Waals surface area contributed by atoms with Crippen LogP contribution in [0.5, 0.6) is 0 Å². The highest BCUT2D eigenvalue weighted by Gasteiger charge is 2.24. The lowest BCUT2D eigenvalue weighted by molar-refractivity contribution is 0.0948. The van der Waals surface area contributed by atoms with E-state index in [2.05, 4.69) is 20.1 Å². The zero-order valence-corrected chi connectivity index (χ0v) is 17.0. The average Bonchev–Trinajstić information content (AvgIpc) is 3.51. The summed E-state index contributed by atoms with van der Waals surface area (Å²) in [5.74, 6) is 0.511. The molecule has 30 heavy (non-hydrogen) atoms. The van der Waals surface area contributed by atoms with Gasteiger partial charge in [-0.1, -0.05) is 42.7 Å². The van der Waals surface area contributed by atoms with Crippen LogP contribution in [0.2, 0.25) is 0 Å². The summed E-state index contributed by atoms with van der Waals surface area (Å²) in [7, 11) is 0. The molecule has 7 heteroatoms. The number of benzene rings is 1. The number of amides is 1. The van der Waals surface area contributed by atoms with E-state index in [0.717, 1.165) is 29.9 Å². The Morgan fingerprint density at radius 1 is 1.13 bits per heavy atom. The first kappa shape index (κ1) is 18.5. The molecule has 0 bridgehead atoms. The van der Waals surface area contributed by atoms with Gasteiger partial charge in [-0.15, -0.1) is 0 Å². The van der Waals surface area contributed by atoms with Crippen molar-refractivity contribution in [2.45, 2.75) is 45.2 Å². The lowest BCUT2D eigenvalue weighted by Gasteiger charge is -2.13. The van der Waals surface area contributed by atoms with Gasteiger partial charge in [0.25, 0.3) is 5.91 Å². The van der Waals surface area contributed by atoms with Crippen LogP contribution in [0.3, 0.4) is 0 Å². The maximum atomic E-state index is 13.0. The van der Waals surface area contributed by atoms with E-state index in [1.54, 1.807) is 12.4 Å². The molecule has 5 rings (SSSR count). The quantitative estimate of drug-likeness (QED) is 0.550. The molecule has 1 fully saturated rings. The second-order valence-electron chi connectivity index (χ2n) is 7.88. The van der Waals surface area contributed by atoms with Gasteiger partial charge in [-0.2, -0.15) is 5.10 Å². The van der Waals surface area contributed by atoms with Gasteiger partial charge in [0.2, 0.25) is 0 Å². The molecule has 1 saturated carbocycles. The van der Waals surface area contributed by atoms with Crippen LogP contribution in [0.25, 0.3) is 17.0 Å². The highest BCUT2D eigenvalue weighted by Crippen LogP contribution is 2.33. The predicted octanol–water partition coefficient (Wildman–Crippen LogP) is 3.95. The fourth-order valence-electron chi connectivity index (χ4n) is 4.19. The van der Waals surface area contributed by atoms with Crippen molar-refractivity contribution in [3.05, 3.63) is 71.9 Å². The van der Waals surface area contributed by atoms with E-state index < -0.39 is 0 Å². The molecule has 0 atom stereocenters. The molecule has 3 heterocycles. The van der Waals surface area contributed by atoms with Gasteiger partial charge < -0.3 is 5.32 Å². The fourth-order valence-corrected chi connectivity index (χ4v) is 4.19. The third-order valence-corrected chi connectivity index (χ3v) is 5.81. The minimum atomic E-state index is -0.209. The molecular weight excluding hydrogens is 376 g/mol. The first-order valence-corrected chi connectivity index (χ1v) is 10.4. The Labute approximate surface area is 174 Å². The first-order valence-electron chi connectivity index (χ1n) is 10.4. The molecule has 0 spiro atoms. The maximum Gasteiger partial charge on any atom is 0.272 e. The van der Waals surface area contributed by atoms with E-state index in [9.17, 15) is 4.79 Å². The molecule has 0 radical (unpaired) electrons. The van der Waals surface area contributed by atoms with Crippen molar-refractivity contribution in [3.63, 3.8) is 0 Å². The van der Waals surface area contributed by atoms with Crippen LogP contribution in [-0.2, 0) is 6.54 Å². The molecule has 0 unspecified atom stereocenters. The van der Waals surface area contributed by atoms with Crippen molar-refractivity contribution in [3.8, 4) is 11.5 Å². The second-order valence-corrected chi connectivity index (χ2v) is 7.88. The maximum absolute atomic E-state index is 13.0. The van der Waals surface area contributed by atoms with Gasteiger partial charge in [0.15, 0.2) is 11.5 Å². The molecule has 152 valence electrons. The van der Waals surface area contributed by atoms with E-state index in [1.165, 1.54) is 18.4 Å². The van der Waals surface area contributed by atoms with Gasteiger partial charge in [0.1, 0.15) is 5.69 Å². The number of rotatable bonds is 5. The van der Waals surface area contributed by atoms with Crippen LogP contribution < -0.4 is 5.32 Å². The minimum absolute atomic E-state index is 0.209. The molecule has 0 saturated heterocycles. The Bertz CT molecular complexity index is 1180. The Balaban J connectivity index is 1.48. The molecular formula is C23H24N6O. The zero-order chi connectivity index (χ0) is 20.5. The molecule has 1 amide bonds. The fraction of sp³-hybridized carbons (Fsp3) is 0.304. The molecule has 1 aliphatic rings. The van der Waals surface area contributed by atoms with E-state index in [0.29, 0.717) is 23.8 Å². The van der Waals surface area contributed by atoms with Crippen molar-refractivity contribution in [1.29, 1.82) is 0 Å². The van der Waals surface area contributed by atoms with Gasteiger partial charge >= 0.3 is 0 Å². The highest BCUT2D eigenvalue weighted by molar-refractivity contribution is 5.99. The largest absolute Gasteiger partial charge is 0.347 e. The van der Waals surface area contributed by atoms with Crippen LogP contribution >= 0.6 is 0 Å². The summed E-state index contributed by atoms with van der Waals surface area (Å²) in [4.78, 5) is 21.9. The van der Waals surface area contributed by atoms with Crippen molar-refractivity contribution < 1.29 is 4.79 Å². The van der Waals surface area contributed by atoms with Gasteiger partial charge in [0, 0.05) is 25.1 Å². The van der Waals surface area contributed by atoms with Crippen molar-refractivity contribution in [2.75, 3.05) is 0 Å². The Morgan fingerprint density at radius 2 is 1.93 bits per heavy atom.